The van der Waals surface area contributed by atoms with Gasteiger partial charge in [0.25, 0.3) is 0 Å². The predicted molar refractivity (Wildman–Crippen MR) is 111 cm³/mol. The van der Waals surface area contributed by atoms with Crippen molar-refractivity contribution in [2.45, 2.75) is 39.7 Å². The zero-order chi connectivity index (χ0) is 19.6. The topological polar surface area (TPSA) is 70.2 Å². The van der Waals surface area contributed by atoms with Crippen LogP contribution >= 0.6 is 0 Å². The Morgan fingerprint density at radius 1 is 0.852 bits per heavy atom. The van der Waals surface area contributed by atoms with Gasteiger partial charge < -0.3 is 16.0 Å². The number of anilines is 2. The van der Waals surface area contributed by atoms with Crippen molar-refractivity contribution in [3.8, 4) is 0 Å². The van der Waals surface area contributed by atoms with E-state index in [9.17, 15) is 9.59 Å². The van der Waals surface area contributed by atoms with Crippen LogP contribution in [-0.4, -0.2) is 18.4 Å². The van der Waals surface area contributed by atoms with Crippen molar-refractivity contribution in [3.63, 3.8) is 0 Å². The van der Waals surface area contributed by atoms with E-state index in [0.29, 0.717) is 18.0 Å². The Morgan fingerprint density at radius 2 is 1.48 bits per heavy atom. The summed E-state index contributed by atoms with van der Waals surface area (Å²) in [7, 11) is 0. The minimum atomic E-state index is -0.230. The molecule has 0 saturated carbocycles. The molecule has 0 spiro atoms. The molecule has 144 valence electrons. The largest absolute Gasteiger partial charge is 0.379 e. The number of carbonyl (C=O) groups excluding carboxylic acids is 2. The van der Waals surface area contributed by atoms with Crippen LogP contribution in [0, 0.1) is 5.92 Å². The van der Waals surface area contributed by atoms with E-state index in [2.05, 4.69) is 48.9 Å². The van der Waals surface area contributed by atoms with Crippen LogP contribution in [-0.2, 0) is 9.59 Å². The van der Waals surface area contributed by atoms with Crippen LogP contribution in [0.5, 0.6) is 0 Å². The molecule has 0 aliphatic carbocycles. The van der Waals surface area contributed by atoms with E-state index in [4.69, 9.17) is 0 Å². The van der Waals surface area contributed by atoms with Gasteiger partial charge in [-0.15, -0.1) is 0 Å². The molecule has 0 saturated heterocycles. The molecule has 0 heterocycles. The Balaban J connectivity index is 1.78. The molecular weight excluding hydrogens is 338 g/mol. The van der Waals surface area contributed by atoms with Crippen molar-refractivity contribution in [2.24, 2.45) is 5.92 Å². The summed E-state index contributed by atoms with van der Waals surface area (Å²) >= 11 is 0. The average molecular weight is 367 g/mol. The van der Waals surface area contributed by atoms with E-state index in [1.165, 1.54) is 5.56 Å². The molecule has 5 heteroatoms. The summed E-state index contributed by atoms with van der Waals surface area (Å²) in [5.41, 5.74) is 2.89. The molecule has 0 fully saturated rings. The van der Waals surface area contributed by atoms with Crippen LogP contribution in [0.25, 0.3) is 0 Å². The first-order chi connectivity index (χ1) is 12.9. The monoisotopic (exact) mass is 367 g/mol. The summed E-state index contributed by atoms with van der Waals surface area (Å²) in [6.07, 6.45) is 1.27. The SMILES string of the molecule is CC(C)CCC(=O)NCC(=O)Nc1ccc(NC(C)c2ccccc2)cc1. The van der Waals surface area contributed by atoms with E-state index < -0.39 is 0 Å². The van der Waals surface area contributed by atoms with Crippen molar-refractivity contribution in [1.82, 2.24) is 5.32 Å². The van der Waals surface area contributed by atoms with E-state index in [0.717, 1.165) is 12.1 Å². The van der Waals surface area contributed by atoms with Crippen molar-refractivity contribution in [3.05, 3.63) is 60.2 Å². The average Bonchev–Trinajstić information content (AvgIpc) is 2.67. The van der Waals surface area contributed by atoms with Crippen LogP contribution in [0.15, 0.2) is 54.6 Å². The summed E-state index contributed by atoms with van der Waals surface area (Å²) in [6.45, 7) is 6.23. The van der Waals surface area contributed by atoms with Gasteiger partial charge in [0.1, 0.15) is 0 Å². The minimum Gasteiger partial charge on any atom is -0.379 e. The molecule has 2 rings (SSSR count). The van der Waals surface area contributed by atoms with E-state index in [1.807, 2.05) is 42.5 Å². The quantitative estimate of drug-likeness (QED) is 0.617. The molecule has 5 nitrogen and oxygen atoms in total. The standard InChI is InChI=1S/C22H29N3O2/c1-16(2)9-14-21(26)23-15-22(27)25-20-12-10-19(11-13-20)24-17(3)18-7-5-4-6-8-18/h4-8,10-13,16-17,24H,9,14-15H2,1-3H3,(H,23,26)(H,25,27). The maximum Gasteiger partial charge on any atom is 0.243 e. The number of nitrogens with one attached hydrogen (secondary N) is 3. The molecule has 0 aromatic heterocycles. The van der Waals surface area contributed by atoms with Gasteiger partial charge in [0, 0.05) is 23.8 Å². The highest BCUT2D eigenvalue weighted by molar-refractivity contribution is 5.94. The van der Waals surface area contributed by atoms with Crippen molar-refractivity contribution in [1.29, 1.82) is 0 Å². The molecule has 1 unspecified atom stereocenters. The van der Waals surface area contributed by atoms with Crippen molar-refractivity contribution < 1.29 is 9.59 Å². The highest BCUT2D eigenvalue weighted by atomic mass is 16.2. The first-order valence-electron chi connectivity index (χ1n) is 9.42. The van der Waals surface area contributed by atoms with Gasteiger partial charge >= 0.3 is 0 Å². The molecule has 0 bridgehead atoms. The van der Waals surface area contributed by atoms with E-state index in [-0.39, 0.29) is 24.4 Å². The lowest BCUT2D eigenvalue weighted by Crippen LogP contribution is -2.32. The molecule has 3 N–H and O–H groups in total. The molecule has 1 atom stereocenters. The summed E-state index contributed by atoms with van der Waals surface area (Å²) in [5, 5.41) is 8.88. The van der Waals surface area contributed by atoms with Crippen LogP contribution in [0.2, 0.25) is 0 Å². The number of benzene rings is 2. The number of hydrogen-bond acceptors (Lipinski definition) is 3. The molecule has 2 amide bonds. The van der Waals surface area contributed by atoms with Gasteiger partial charge in [0.05, 0.1) is 6.54 Å². The molecule has 0 aliphatic heterocycles. The first kappa shape index (κ1) is 20.5. The lowest BCUT2D eigenvalue weighted by molar-refractivity contribution is -0.124. The van der Waals surface area contributed by atoms with Crippen molar-refractivity contribution in [2.75, 3.05) is 17.2 Å². The second-order valence-electron chi connectivity index (χ2n) is 7.11. The van der Waals surface area contributed by atoms with E-state index in [1.54, 1.807) is 0 Å². The van der Waals surface area contributed by atoms with Gasteiger partial charge in [0.2, 0.25) is 11.8 Å². The second kappa shape index (κ2) is 10.4. The third-order valence-corrected chi connectivity index (χ3v) is 4.25. The summed E-state index contributed by atoms with van der Waals surface area (Å²) in [4.78, 5) is 23.6. The molecular formula is C22H29N3O2. The van der Waals surface area contributed by atoms with Crippen LogP contribution in [0.1, 0.15) is 45.2 Å². The maximum atomic E-state index is 12.0. The smallest absolute Gasteiger partial charge is 0.243 e. The molecule has 27 heavy (non-hydrogen) atoms. The number of rotatable bonds is 9. The highest BCUT2D eigenvalue weighted by Crippen LogP contribution is 2.20. The van der Waals surface area contributed by atoms with Gasteiger partial charge in [-0.25, -0.2) is 0 Å². The Bertz CT molecular complexity index is 727. The number of amides is 2. The summed E-state index contributed by atoms with van der Waals surface area (Å²) in [6, 6.07) is 17.9. The van der Waals surface area contributed by atoms with E-state index >= 15 is 0 Å². The van der Waals surface area contributed by atoms with Gasteiger partial charge in [0.15, 0.2) is 0 Å². The lowest BCUT2D eigenvalue weighted by Gasteiger charge is -2.16. The number of hydrogen-bond donors (Lipinski definition) is 3. The van der Waals surface area contributed by atoms with Gasteiger partial charge in [-0.1, -0.05) is 44.2 Å². The summed E-state index contributed by atoms with van der Waals surface area (Å²) in [5.74, 6) is 0.154. The fraction of sp³-hybridized carbons (Fsp3) is 0.364. The zero-order valence-corrected chi connectivity index (χ0v) is 16.3. The lowest BCUT2D eigenvalue weighted by atomic mass is 10.1. The van der Waals surface area contributed by atoms with Crippen LogP contribution < -0.4 is 16.0 Å². The summed E-state index contributed by atoms with van der Waals surface area (Å²) < 4.78 is 0. The van der Waals surface area contributed by atoms with Gasteiger partial charge in [-0.3, -0.25) is 9.59 Å². The first-order valence-corrected chi connectivity index (χ1v) is 9.42. The zero-order valence-electron chi connectivity index (χ0n) is 16.3. The molecule has 2 aromatic rings. The number of carbonyl (C=O) groups is 2. The molecule has 2 aromatic carbocycles. The van der Waals surface area contributed by atoms with Crippen LogP contribution in [0.4, 0.5) is 11.4 Å². The Labute approximate surface area is 161 Å². The maximum absolute atomic E-state index is 12.0. The Morgan fingerprint density at radius 3 is 2.11 bits per heavy atom. The Hall–Kier alpha value is -2.82. The molecule has 0 radical (unpaired) electrons. The van der Waals surface area contributed by atoms with Gasteiger partial charge in [-0.2, -0.15) is 0 Å². The van der Waals surface area contributed by atoms with Crippen LogP contribution in [0.3, 0.4) is 0 Å². The predicted octanol–water partition coefficient (Wildman–Crippen LogP) is 4.35. The molecule has 0 aliphatic rings. The fourth-order valence-corrected chi connectivity index (χ4v) is 2.62. The normalized spacial score (nSPS) is 11.7. The minimum absolute atomic E-state index is 0.0119. The second-order valence-corrected chi connectivity index (χ2v) is 7.11. The fourth-order valence-electron chi connectivity index (χ4n) is 2.62. The van der Waals surface area contributed by atoms with Crippen molar-refractivity contribution >= 4 is 23.2 Å². The third-order valence-electron chi connectivity index (χ3n) is 4.25. The third kappa shape index (κ3) is 7.52. The Kier molecular flexibility index (Phi) is 7.86. The van der Waals surface area contributed by atoms with Gasteiger partial charge in [-0.05, 0) is 49.1 Å². The highest BCUT2D eigenvalue weighted by Gasteiger charge is 2.08.